The number of nitro groups is 1. The van der Waals surface area contributed by atoms with Crippen molar-refractivity contribution in [3.63, 3.8) is 0 Å². The van der Waals surface area contributed by atoms with Gasteiger partial charge in [-0.3, -0.25) is 10.1 Å². The van der Waals surface area contributed by atoms with Gasteiger partial charge in [0, 0.05) is 25.2 Å². The van der Waals surface area contributed by atoms with E-state index < -0.39 is 4.92 Å². The van der Waals surface area contributed by atoms with Gasteiger partial charge in [0.1, 0.15) is 5.82 Å². The van der Waals surface area contributed by atoms with Crippen molar-refractivity contribution in [2.45, 2.75) is 32.7 Å². The molecule has 0 aliphatic carbocycles. The lowest BCUT2D eigenvalue weighted by Gasteiger charge is -2.34. The van der Waals surface area contributed by atoms with E-state index >= 15 is 0 Å². The zero-order chi connectivity index (χ0) is 15.4. The van der Waals surface area contributed by atoms with Crippen LogP contribution in [-0.4, -0.2) is 35.6 Å². The summed E-state index contributed by atoms with van der Waals surface area (Å²) in [6.07, 6.45) is 2.29. The first kappa shape index (κ1) is 15.5. The molecule has 1 aromatic rings. The van der Waals surface area contributed by atoms with E-state index in [2.05, 4.69) is 29.0 Å². The second-order valence-electron chi connectivity index (χ2n) is 5.85. The molecule has 0 aromatic carbocycles. The Morgan fingerprint density at radius 2 is 2.33 bits per heavy atom. The maximum Gasteiger partial charge on any atom is 0.311 e. The lowest BCUT2D eigenvalue weighted by molar-refractivity contribution is -0.384. The third-order valence-corrected chi connectivity index (χ3v) is 3.74. The van der Waals surface area contributed by atoms with Crippen LogP contribution in [0.15, 0.2) is 12.1 Å². The van der Waals surface area contributed by atoms with E-state index in [1.807, 2.05) is 0 Å². The number of nitrogens with one attached hydrogen (secondary N) is 1. The van der Waals surface area contributed by atoms with E-state index in [1.54, 1.807) is 6.07 Å². The Kier molecular flexibility index (Phi) is 4.95. The number of aromatic nitrogens is 1. The summed E-state index contributed by atoms with van der Waals surface area (Å²) in [4.78, 5) is 16.6. The minimum absolute atomic E-state index is 0.0140. The summed E-state index contributed by atoms with van der Waals surface area (Å²) in [7, 11) is 0. The van der Waals surface area contributed by atoms with Crippen LogP contribution < -0.4 is 16.0 Å². The topological polar surface area (TPSA) is 97.3 Å². The molecule has 7 nitrogen and oxygen atoms in total. The summed E-state index contributed by atoms with van der Waals surface area (Å²) in [6.45, 7) is 7.08. The first-order valence-corrected chi connectivity index (χ1v) is 7.36. The van der Waals surface area contributed by atoms with Crippen LogP contribution in [0, 0.1) is 16.0 Å². The first-order valence-electron chi connectivity index (χ1n) is 7.36. The number of pyridine rings is 1. The second-order valence-corrected chi connectivity index (χ2v) is 5.85. The third kappa shape index (κ3) is 4.04. The monoisotopic (exact) mass is 293 g/mol. The molecule has 2 rings (SSSR count). The summed E-state index contributed by atoms with van der Waals surface area (Å²) in [5.74, 6) is 1.28. The lowest BCUT2D eigenvalue weighted by Crippen LogP contribution is -2.41. The number of nitrogens with zero attached hydrogens (tertiary/aromatic N) is 3. The Balaban J connectivity index is 2.04. The van der Waals surface area contributed by atoms with Crippen LogP contribution in [-0.2, 0) is 0 Å². The van der Waals surface area contributed by atoms with Crippen molar-refractivity contribution < 1.29 is 4.92 Å². The minimum Gasteiger partial charge on any atom is -0.378 e. The van der Waals surface area contributed by atoms with Crippen LogP contribution in [0.2, 0.25) is 0 Å². The highest BCUT2D eigenvalue weighted by Crippen LogP contribution is 2.26. The van der Waals surface area contributed by atoms with E-state index in [0.29, 0.717) is 12.0 Å². The van der Waals surface area contributed by atoms with Crippen molar-refractivity contribution in [3.8, 4) is 0 Å². The quantitative estimate of drug-likeness (QED) is 0.634. The van der Waals surface area contributed by atoms with Crippen molar-refractivity contribution in [1.29, 1.82) is 0 Å². The molecule has 21 heavy (non-hydrogen) atoms. The Morgan fingerprint density at radius 1 is 1.57 bits per heavy atom. The number of piperidine rings is 1. The van der Waals surface area contributed by atoms with Gasteiger partial charge in [-0.25, -0.2) is 4.98 Å². The molecule has 0 saturated carbocycles. The Morgan fingerprint density at radius 3 is 2.95 bits per heavy atom. The molecule has 1 aliphatic heterocycles. The number of rotatable bonds is 5. The number of anilines is 2. The van der Waals surface area contributed by atoms with Crippen molar-refractivity contribution >= 4 is 17.3 Å². The van der Waals surface area contributed by atoms with E-state index in [1.165, 1.54) is 12.5 Å². The SMILES string of the molecule is CC(C)NCC1CCCN(c2ccc([N+](=O)[O-])c(N)n2)C1. The summed E-state index contributed by atoms with van der Waals surface area (Å²) < 4.78 is 0. The standard InChI is InChI=1S/C14H23N5O2/c1-10(2)16-8-11-4-3-7-18(9-11)13-6-5-12(19(20)21)14(15)17-13/h5-6,10-11,16H,3-4,7-9H2,1-2H3,(H2,15,17). The average molecular weight is 293 g/mol. The van der Waals surface area contributed by atoms with Crippen LogP contribution >= 0.6 is 0 Å². The van der Waals surface area contributed by atoms with E-state index in [0.717, 1.165) is 31.9 Å². The fourth-order valence-electron chi connectivity index (χ4n) is 2.63. The predicted molar refractivity (Wildman–Crippen MR) is 83.4 cm³/mol. The molecule has 1 aromatic heterocycles. The summed E-state index contributed by atoms with van der Waals surface area (Å²) in [6, 6.07) is 3.61. The van der Waals surface area contributed by atoms with E-state index in [9.17, 15) is 10.1 Å². The smallest absolute Gasteiger partial charge is 0.311 e. The van der Waals surface area contributed by atoms with Gasteiger partial charge in [0.25, 0.3) is 0 Å². The molecule has 116 valence electrons. The molecule has 7 heteroatoms. The zero-order valence-corrected chi connectivity index (χ0v) is 12.6. The van der Waals surface area contributed by atoms with Gasteiger partial charge in [-0.05, 0) is 31.4 Å². The predicted octanol–water partition coefficient (Wildman–Crippen LogP) is 1.79. The highest BCUT2D eigenvalue weighted by Gasteiger charge is 2.22. The molecule has 0 bridgehead atoms. The number of nitrogens with two attached hydrogens (primary N) is 1. The van der Waals surface area contributed by atoms with Gasteiger partial charge in [-0.2, -0.15) is 0 Å². The maximum absolute atomic E-state index is 10.8. The molecule has 1 saturated heterocycles. The molecule has 0 spiro atoms. The van der Waals surface area contributed by atoms with Gasteiger partial charge in [-0.15, -0.1) is 0 Å². The lowest BCUT2D eigenvalue weighted by atomic mass is 9.97. The highest BCUT2D eigenvalue weighted by molar-refractivity contribution is 5.58. The maximum atomic E-state index is 10.8. The van der Waals surface area contributed by atoms with E-state index in [4.69, 9.17) is 5.73 Å². The molecule has 1 unspecified atom stereocenters. The van der Waals surface area contributed by atoms with Gasteiger partial charge in [-0.1, -0.05) is 13.8 Å². The number of hydrogen-bond donors (Lipinski definition) is 2. The fourth-order valence-corrected chi connectivity index (χ4v) is 2.63. The van der Waals surface area contributed by atoms with Gasteiger partial charge >= 0.3 is 5.69 Å². The summed E-state index contributed by atoms with van der Waals surface area (Å²) in [5.41, 5.74) is 5.54. The normalized spacial score (nSPS) is 19.0. The third-order valence-electron chi connectivity index (χ3n) is 3.74. The number of nitrogen functional groups attached to an aromatic ring is 1. The van der Waals surface area contributed by atoms with Gasteiger partial charge in [0.05, 0.1) is 4.92 Å². The molecule has 1 fully saturated rings. The molecule has 3 N–H and O–H groups in total. The summed E-state index contributed by atoms with van der Waals surface area (Å²) >= 11 is 0. The molecule has 0 amide bonds. The highest BCUT2D eigenvalue weighted by atomic mass is 16.6. The van der Waals surface area contributed by atoms with Gasteiger partial charge < -0.3 is 16.0 Å². The van der Waals surface area contributed by atoms with Crippen LogP contribution in [0.4, 0.5) is 17.3 Å². The van der Waals surface area contributed by atoms with Crippen molar-refractivity contribution in [1.82, 2.24) is 10.3 Å². The van der Waals surface area contributed by atoms with Crippen LogP contribution in [0.1, 0.15) is 26.7 Å². The van der Waals surface area contributed by atoms with E-state index in [-0.39, 0.29) is 11.5 Å². The molecule has 1 atom stereocenters. The summed E-state index contributed by atoms with van der Waals surface area (Å²) in [5, 5.41) is 14.2. The molecule has 0 radical (unpaired) electrons. The molecular formula is C14H23N5O2. The van der Waals surface area contributed by atoms with Gasteiger partial charge in [0.15, 0.2) is 0 Å². The molecule has 1 aliphatic rings. The Bertz CT molecular complexity index is 506. The van der Waals surface area contributed by atoms with Crippen LogP contribution in [0.5, 0.6) is 0 Å². The van der Waals surface area contributed by atoms with Gasteiger partial charge in [0.2, 0.25) is 5.82 Å². The van der Waals surface area contributed by atoms with Crippen molar-refractivity contribution in [2.24, 2.45) is 5.92 Å². The van der Waals surface area contributed by atoms with Crippen LogP contribution in [0.3, 0.4) is 0 Å². The number of hydrogen-bond acceptors (Lipinski definition) is 6. The fraction of sp³-hybridized carbons (Fsp3) is 0.643. The Labute approximate surface area is 124 Å². The molecule has 2 heterocycles. The second kappa shape index (κ2) is 6.71. The largest absolute Gasteiger partial charge is 0.378 e. The van der Waals surface area contributed by atoms with Crippen molar-refractivity contribution in [2.75, 3.05) is 30.3 Å². The molecular weight excluding hydrogens is 270 g/mol. The van der Waals surface area contributed by atoms with Crippen LogP contribution in [0.25, 0.3) is 0 Å². The first-order chi connectivity index (χ1) is 9.97. The zero-order valence-electron chi connectivity index (χ0n) is 12.6. The minimum atomic E-state index is -0.502. The van der Waals surface area contributed by atoms with Crippen molar-refractivity contribution in [3.05, 3.63) is 22.2 Å². The average Bonchev–Trinajstić information content (AvgIpc) is 2.45. The Hall–Kier alpha value is -1.89.